The maximum absolute atomic E-state index is 9.00. The van der Waals surface area contributed by atoms with Gasteiger partial charge in [-0.05, 0) is 44.3 Å². The van der Waals surface area contributed by atoms with E-state index in [1.54, 1.807) is 12.1 Å². The summed E-state index contributed by atoms with van der Waals surface area (Å²) in [5, 5.41) is 10.4. The van der Waals surface area contributed by atoms with Crippen LogP contribution < -0.4 is 0 Å². The predicted octanol–water partition coefficient (Wildman–Crippen LogP) is 2.98. The Bertz CT molecular complexity index is 328. The Kier molecular flexibility index (Phi) is 4.87. The zero-order valence-electron chi connectivity index (χ0n) is 8.87. The molecule has 2 nitrogen and oxygen atoms in total. The zero-order chi connectivity index (χ0) is 11.4. The second kappa shape index (κ2) is 5.71. The van der Waals surface area contributed by atoms with Crippen LogP contribution in [-0.2, 0) is 0 Å². The molecule has 0 radical (unpaired) electrons. The Labute approximate surface area is 100 Å². The predicted molar refractivity (Wildman–Crippen MR) is 64.6 cm³/mol. The Morgan fingerprint density at radius 3 is 2.53 bits per heavy atom. The van der Waals surface area contributed by atoms with Crippen LogP contribution in [0.3, 0.4) is 0 Å². The van der Waals surface area contributed by atoms with Crippen LogP contribution >= 0.6 is 23.2 Å². The van der Waals surface area contributed by atoms with Crippen LogP contribution in [0.1, 0.15) is 18.0 Å². The largest absolute Gasteiger partial charge is 0.396 e. The molecule has 0 aliphatic heterocycles. The third-order valence-electron chi connectivity index (χ3n) is 2.34. The minimum atomic E-state index is 0.0983. The molecule has 1 rings (SSSR count). The fraction of sp³-hybridized carbons (Fsp3) is 0.455. The quantitative estimate of drug-likeness (QED) is 0.885. The molecule has 0 aromatic heterocycles. The molecule has 1 aromatic carbocycles. The van der Waals surface area contributed by atoms with E-state index in [1.807, 2.05) is 25.1 Å². The first-order valence-electron chi connectivity index (χ1n) is 4.78. The Balaban J connectivity index is 3.04. The molecule has 1 N–H and O–H groups in total. The Morgan fingerprint density at radius 1 is 1.33 bits per heavy atom. The maximum atomic E-state index is 9.00. The van der Waals surface area contributed by atoms with Gasteiger partial charge in [-0.15, -0.1) is 0 Å². The van der Waals surface area contributed by atoms with Gasteiger partial charge in [-0.3, -0.25) is 0 Å². The SMILES string of the molecule is CN(C)C(CCO)c1cc(Cl)ccc1Cl. The van der Waals surface area contributed by atoms with E-state index in [0.29, 0.717) is 16.5 Å². The smallest absolute Gasteiger partial charge is 0.0454 e. The second-order valence-corrected chi connectivity index (χ2v) is 4.50. The van der Waals surface area contributed by atoms with E-state index in [9.17, 15) is 0 Å². The monoisotopic (exact) mass is 247 g/mol. The van der Waals surface area contributed by atoms with Crippen molar-refractivity contribution in [3.05, 3.63) is 33.8 Å². The number of hydrogen-bond donors (Lipinski definition) is 1. The minimum absolute atomic E-state index is 0.0983. The fourth-order valence-corrected chi connectivity index (χ4v) is 2.01. The summed E-state index contributed by atoms with van der Waals surface area (Å²) in [6, 6.07) is 5.50. The van der Waals surface area contributed by atoms with Crippen molar-refractivity contribution >= 4 is 23.2 Å². The summed E-state index contributed by atoms with van der Waals surface area (Å²) in [5.74, 6) is 0. The molecule has 0 saturated carbocycles. The first kappa shape index (κ1) is 12.8. The molecule has 0 bridgehead atoms. The summed E-state index contributed by atoms with van der Waals surface area (Å²) in [6.07, 6.45) is 0.646. The van der Waals surface area contributed by atoms with Gasteiger partial charge in [-0.2, -0.15) is 0 Å². The second-order valence-electron chi connectivity index (χ2n) is 3.66. The van der Waals surface area contributed by atoms with Gasteiger partial charge < -0.3 is 10.0 Å². The van der Waals surface area contributed by atoms with Crippen molar-refractivity contribution in [2.75, 3.05) is 20.7 Å². The van der Waals surface area contributed by atoms with E-state index in [1.165, 1.54) is 0 Å². The molecule has 0 aliphatic rings. The first-order chi connectivity index (χ1) is 7.06. The normalized spacial score (nSPS) is 13.2. The minimum Gasteiger partial charge on any atom is -0.396 e. The third-order valence-corrected chi connectivity index (χ3v) is 2.92. The van der Waals surface area contributed by atoms with Crippen LogP contribution in [0, 0.1) is 0 Å². The number of nitrogens with zero attached hydrogens (tertiary/aromatic N) is 1. The van der Waals surface area contributed by atoms with E-state index in [0.717, 1.165) is 5.56 Å². The summed E-state index contributed by atoms with van der Waals surface area (Å²) in [7, 11) is 3.91. The van der Waals surface area contributed by atoms with Crippen molar-refractivity contribution in [1.29, 1.82) is 0 Å². The fourth-order valence-electron chi connectivity index (χ4n) is 1.58. The van der Waals surface area contributed by atoms with Gasteiger partial charge in [0.05, 0.1) is 0 Å². The molecule has 0 heterocycles. The molecular weight excluding hydrogens is 233 g/mol. The molecule has 0 saturated heterocycles. The summed E-state index contributed by atoms with van der Waals surface area (Å²) < 4.78 is 0. The number of rotatable bonds is 4. The van der Waals surface area contributed by atoms with Gasteiger partial charge in [0.25, 0.3) is 0 Å². The van der Waals surface area contributed by atoms with Crippen LogP contribution in [0.15, 0.2) is 18.2 Å². The van der Waals surface area contributed by atoms with Crippen molar-refractivity contribution < 1.29 is 5.11 Å². The van der Waals surface area contributed by atoms with Crippen LogP contribution in [0.4, 0.5) is 0 Å². The van der Waals surface area contributed by atoms with Gasteiger partial charge in [0.15, 0.2) is 0 Å². The lowest BCUT2D eigenvalue weighted by atomic mass is 10.0. The summed E-state index contributed by atoms with van der Waals surface area (Å²) in [5.41, 5.74) is 0.961. The summed E-state index contributed by atoms with van der Waals surface area (Å²) in [6.45, 7) is 0.131. The summed E-state index contributed by atoms with van der Waals surface area (Å²) in [4.78, 5) is 2.02. The van der Waals surface area contributed by atoms with Gasteiger partial charge >= 0.3 is 0 Å². The van der Waals surface area contributed by atoms with Gasteiger partial charge in [-0.1, -0.05) is 23.2 Å². The number of halogens is 2. The van der Waals surface area contributed by atoms with Gasteiger partial charge in [-0.25, -0.2) is 0 Å². The lowest BCUT2D eigenvalue weighted by Gasteiger charge is -2.25. The highest BCUT2D eigenvalue weighted by molar-refractivity contribution is 6.33. The number of aliphatic hydroxyl groups is 1. The Hall–Kier alpha value is -0.280. The van der Waals surface area contributed by atoms with Crippen molar-refractivity contribution in [2.45, 2.75) is 12.5 Å². The van der Waals surface area contributed by atoms with Gasteiger partial charge in [0.1, 0.15) is 0 Å². The molecule has 0 fully saturated rings. The lowest BCUT2D eigenvalue weighted by molar-refractivity contribution is 0.211. The van der Waals surface area contributed by atoms with Crippen LogP contribution in [-0.4, -0.2) is 30.7 Å². The highest BCUT2D eigenvalue weighted by atomic mass is 35.5. The van der Waals surface area contributed by atoms with Gasteiger partial charge in [0.2, 0.25) is 0 Å². The van der Waals surface area contributed by atoms with E-state index in [-0.39, 0.29) is 12.6 Å². The summed E-state index contributed by atoms with van der Waals surface area (Å²) >= 11 is 12.0. The standard InChI is InChI=1S/C11H15Cl2NO/c1-14(2)11(5-6-15)9-7-8(12)3-4-10(9)13/h3-4,7,11,15H,5-6H2,1-2H3. The van der Waals surface area contributed by atoms with Crippen molar-refractivity contribution in [3.8, 4) is 0 Å². The molecule has 1 unspecified atom stereocenters. The number of aliphatic hydroxyl groups excluding tert-OH is 1. The molecule has 1 atom stereocenters. The van der Waals surface area contributed by atoms with Gasteiger partial charge in [0, 0.05) is 22.7 Å². The molecule has 0 amide bonds. The van der Waals surface area contributed by atoms with E-state index in [4.69, 9.17) is 28.3 Å². The molecule has 15 heavy (non-hydrogen) atoms. The highest BCUT2D eigenvalue weighted by Crippen LogP contribution is 2.30. The average Bonchev–Trinajstić information content (AvgIpc) is 2.18. The van der Waals surface area contributed by atoms with Crippen molar-refractivity contribution in [1.82, 2.24) is 4.90 Å². The zero-order valence-corrected chi connectivity index (χ0v) is 10.4. The maximum Gasteiger partial charge on any atom is 0.0454 e. The van der Waals surface area contributed by atoms with Crippen LogP contribution in [0.25, 0.3) is 0 Å². The van der Waals surface area contributed by atoms with Crippen LogP contribution in [0.5, 0.6) is 0 Å². The molecule has 4 heteroatoms. The molecular formula is C11H15Cl2NO. The first-order valence-corrected chi connectivity index (χ1v) is 5.54. The average molecular weight is 248 g/mol. The lowest BCUT2D eigenvalue weighted by Crippen LogP contribution is -2.21. The topological polar surface area (TPSA) is 23.5 Å². The van der Waals surface area contributed by atoms with Crippen LogP contribution in [0.2, 0.25) is 10.0 Å². The molecule has 1 aromatic rings. The van der Waals surface area contributed by atoms with Crippen molar-refractivity contribution in [3.63, 3.8) is 0 Å². The third kappa shape index (κ3) is 3.35. The Morgan fingerprint density at radius 2 is 2.00 bits per heavy atom. The van der Waals surface area contributed by atoms with E-state index < -0.39 is 0 Å². The molecule has 84 valence electrons. The number of benzene rings is 1. The number of hydrogen-bond acceptors (Lipinski definition) is 2. The molecule has 0 aliphatic carbocycles. The molecule has 0 spiro atoms. The van der Waals surface area contributed by atoms with Crippen molar-refractivity contribution in [2.24, 2.45) is 0 Å². The highest BCUT2D eigenvalue weighted by Gasteiger charge is 2.16. The van der Waals surface area contributed by atoms with E-state index in [2.05, 4.69) is 0 Å². The van der Waals surface area contributed by atoms with E-state index >= 15 is 0 Å².